The van der Waals surface area contributed by atoms with Crippen molar-refractivity contribution in [2.24, 2.45) is 7.05 Å². The Balaban J connectivity index is 1.80. The first-order chi connectivity index (χ1) is 14.0. The zero-order chi connectivity index (χ0) is 20.5. The van der Waals surface area contributed by atoms with Crippen LogP contribution in [0.5, 0.6) is 5.75 Å². The summed E-state index contributed by atoms with van der Waals surface area (Å²) < 4.78 is 7.57. The zero-order valence-corrected chi connectivity index (χ0v) is 17.6. The van der Waals surface area contributed by atoms with Crippen molar-refractivity contribution in [3.8, 4) is 17.1 Å². The van der Waals surface area contributed by atoms with E-state index in [0.29, 0.717) is 41.5 Å². The predicted molar refractivity (Wildman–Crippen MR) is 116 cm³/mol. The van der Waals surface area contributed by atoms with Crippen LogP contribution in [0, 0.1) is 6.92 Å². The minimum atomic E-state index is -0.202. The van der Waals surface area contributed by atoms with Gasteiger partial charge in [0.1, 0.15) is 17.0 Å². The lowest BCUT2D eigenvalue weighted by atomic mass is 10.1. The van der Waals surface area contributed by atoms with Crippen LogP contribution in [0.3, 0.4) is 0 Å². The van der Waals surface area contributed by atoms with Crippen LogP contribution in [0.15, 0.2) is 23.0 Å². The molecule has 0 aliphatic carbocycles. The number of ether oxygens (including phenoxy) is 1. The first kappa shape index (κ1) is 19.4. The fraction of sp³-hybridized carbons (Fsp3) is 0.400. The number of hydrogen-bond donors (Lipinski definition) is 2. The van der Waals surface area contributed by atoms with E-state index in [9.17, 15) is 4.79 Å². The number of benzene rings is 1. The molecular weight excluding hydrogens is 388 g/mol. The van der Waals surface area contributed by atoms with Crippen LogP contribution in [0.25, 0.3) is 22.4 Å². The molecule has 0 saturated carbocycles. The molecule has 8 nitrogen and oxygen atoms in total. The number of nitrogens with one attached hydrogen (secondary N) is 2. The molecule has 9 heteroatoms. The highest BCUT2D eigenvalue weighted by Gasteiger charge is 2.19. The van der Waals surface area contributed by atoms with E-state index < -0.39 is 0 Å². The third kappa shape index (κ3) is 3.69. The molecule has 0 spiro atoms. The van der Waals surface area contributed by atoms with E-state index in [1.165, 1.54) is 0 Å². The number of nitrogens with zero attached hydrogens (tertiary/aromatic N) is 4. The molecule has 4 rings (SSSR count). The normalized spacial score (nSPS) is 13.9. The molecule has 29 heavy (non-hydrogen) atoms. The largest absolute Gasteiger partial charge is 0.493 e. The lowest BCUT2D eigenvalue weighted by Crippen LogP contribution is -2.27. The molecule has 0 radical (unpaired) electrons. The van der Waals surface area contributed by atoms with Gasteiger partial charge in [0, 0.05) is 26.7 Å². The third-order valence-electron chi connectivity index (χ3n) is 4.95. The molecule has 1 saturated heterocycles. The molecule has 2 aromatic heterocycles. The first-order valence-corrected chi connectivity index (χ1v) is 10.1. The molecule has 0 amide bonds. The maximum absolute atomic E-state index is 12.7. The minimum Gasteiger partial charge on any atom is -0.493 e. The molecule has 0 atom stereocenters. The van der Waals surface area contributed by atoms with Crippen molar-refractivity contribution in [3.05, 3.63) is 39.8 Å². The summed E-state index contributed by atoms with van der Waals surface area (Å²) in [5.41, 5.74) is 2.84. The molecule has 1 aliphatic rings. The zero-order valence-electron chi connectivity index (χ0n) is 16.8. The summed E-state index contributed by atoms with van der Waals surface area (Å²) in [5.74, 6) is 1.17. The average molecular weight is 413 g/mol. The number of hydrogen-bond acceptors (Lipinski definition) is 5. The van der Waals surface area contributed by atoms with Crippen LogP contribution < -0.4 is 15.6 Å². The van der Waals surface area contributed by atoms with Gasteiger partial charge in [-0.3, -0.25) is 4.79 Å². The SMILES string of the molecule is CCCOc1ccc(CN2CCNC2=S)cc1-c1nc2c(c(C)nn2C)c(=O)[nH]1. The Kier molecular flexibility index (Phi) is 5.23. The van der Waals surface area contributed by atoms with Crippen molar-refractivity contribution in [2.45, 2.75) is 26.8 Å². The lowest BCUT2D eigenvalue weighted by molar-refractivity contribution is 0.318. The third-order valence-corrected chi connectivity index (χ3v) is 5.35. The quantitative estimate of drug-likeness (QED) is 0.600. The van der Waals surface area contributed by atoms with Gasteiger partial charge in [-0.2, -0.15) is 5.10 Å². The first-order valence-electron chi connectivity index (χ1n) is 9.70. The Bertz CT molecular complexity index is 1140. The van der Waals surface area contributed by atoms with Gasteiger partial charge in [-0.1, -0.05) is 13.0 Å². The number of aromatic nitrogens is 4. The second kappa shape index (κ2) is 7.82. The summed E-state index contributed by atoms with van der Waals surface area (Å²) in [5, 5.41) is 8.77. The molecule has 1 fully saturated rings. The van der Waals surface area contributed by atoms with Crippen LogP contribution in [-0.2, 0) is 13.6 Å². The van der Waals surface area contributed by atoms with Gasteiger partial charge in [-0.15, -0.1) is 0 Å². The molecule has 3 heterocycles. The van der Waals surface area contributed by atoms with Crippen LogP contribution in [0.2, 0.25) is 0 Å². The van der Waals surface area contributed by atoms with Crippen LogP contribution >= 0.6 is 12.2 Å². The standard InChI is InChI=1S/C20H24N6O2S/c1-4-9-28-15-6-5-13(11-26-8-7-21-20(26)29)10-14(15)17-22-18-16(19(27)23-17)12(2)24-25(18)3/h5-6,10H,4,7-9,11H2,1-3H3,(H,21,29)(H,22,23,27). The smallest absolute Gasteiger partial charge is 0.262 e. The number of aromatic amines is 1. The lowest BCUT2D eigenvalue weighted by Gasteiger charge is -2.18. The number of aryl methyl sites for hydroxylation is 2. The van der Waals surface area contributed by atoms with E-state index in [1.807, 2.05) is 25.1 Å². The van der Waals surface area contributed by atoms with E-state index >= 15 is 0 Å². The van der Waals surface area contributed by atoms with Crippen molar-refractivity contribution in [1.29, 1.82) is 0 Å². The van der Waals surface area contributed by atoms with Crippen molar-refractivity contribution in [1.82, 2.24) is 30.0 Å². The Morgan fingerprint density at radius 1 is 1.34 bits per heavy atom. The molecule has 2 N–H and O–H groups in total. The Morgan fingerprint density at radius 3 is 2.90 bits per heavy atom. The maximum atomic E-state index is 12.7. The van der Waals surface area contributed by atoms with Gasteiger partial charge in [0.15, 0.2) is 10.8 Å². The second-order valence-corrected chi connectivity index (χ2v) is 7.54. The molecule has 152 valence electrons. The Morgan fingerprint density at radius 2 is 2.17 bits per heavy atom. The fourth-order valence-corrected chi connectivity index (χ4v) is 3.81. The van der Waals surface area contributed by atoms with E-state index in [1.54, 1.807) is 11.7 Å². The molecular formula is C20H24N6O2S. The van der Waals surface area contributed by atoms with Gasteiger partial charge >= 0.3 is 0 Å². The summed E-state index contributed by atoms with van der Waals surface area (Å²) >= 11 is 5.36. The van der Waals surface area contributed by atoms with Gasteiger partial charge in [0.25, 0.3) is 5.56 Å². The maximum Gasteiger partial charge on any atom is 0.262 e. The summed E-state index contributed by atoms with van der Waals surface area (Å²) in [4.78, 5) is 22.4. The number of H-pyrrole nitrogens is 1. The number of fused-ring (bicyclic) bond motifs is 1. The van der Waals surface area contributed by atoms with E-state index in [0.717, 1.165) is 35.7 Å². The summed E-state index contributed by atoms with van der Waals surface area (Å²) in [7, 11) is 1.79. The Hall–Kier alpha value is -2.94. The van der Waals surface area contributed by atoms with E-state index in [-0.39, 0.29) is 5.56 Å². The molecule has 0 bridgehead atoms. The topological polar surface area (TPSA) is 88.1 Å². The van der Waals surface area contributed by atoms with Crippen molar-refractivity contribution in [3.63, 3.8) is 0 Å². The molecule has 1 aliphatic heterocycles. The van der Waals surface area contributed by atoms with Crippen LogP contribution in [0.4, 0.5) is 0 Å². The average Bonchev–Trinajstić information content (AvgIpc) is 3.23. The summed E-state index contributed by atoms with van der Waals surface area (Å²) in [6, 6.07) is 5.98. The fourth-order valence-electron chi connectivity index (χ4n) is 3.55. The number of rotatable bonds is 6. The highest BCUT2D eigenvalue weighted by Crippen LogP contribution is 2.30. The van der Waals surface area contributed by atoms with Crippen LogP contribution in [-0.4, -0.2) is 49.5 Å². The minimum absolute atomic E-state index is 0.202. The molecule has 0 unspecified atom stereocenters. The highest BCUT2D eigenvalue weighted by molar-refractivity contribution is 7.80. The summed E-state index contributed by atoms with van der Waals surface area (Å²) in [6.07, 6.45) is 0.888. The van der Waals surface area contributed by atoms with Gasteiger partial charge < -0.3 is 19.9 Å². The van der Waals surface area contributed by atoms with Gasteiger partial charge in [-0.25, -0.2) is 9.67 Å². The molecule has 1 aromatic carbocycles. The van der Waals surface area contributed by atoms with Crippen molar-refractivity contribution >= 4 is 28.4 Å². The van der Waals surface area contributed by atoms with Crippen molar-refractivity contribution < 1.29 is 4.74 Å². The van der Waals surface area contributed by atoms with Gasteiger partial charge in [-0.05, 0) is 43.3 Å². The molecule has 3 aromatic rings. The summed E-state index contributed by atoms with van der Waals surface area (Å²) in [6.45, 7) is 6.86. The van der Waals surface area contributed by atoms with Gasteiger partial charge in [0.05, 0.1) is 17.9 Å². The second-order valence-electron chi connectivity index (χ2n) is 7.15. The van der Waals surface area contributed by atoms with E-state index in [4.69, 9.17) is 21.9 Å². The van der Waals surface area contributed by atoms with Crippen molar-refractivity contribution in [2.75, 3.05) is 19.7 Å². The predicted octanol–water partition coefficient (Wildman–Crippen LogP) is 2.11. The Labute approximate surface area is 173 Å². The van der Waals surface area contributed by atoms with Gasteiger partial charge in [0.2, 0.25) is 0 Å². The monoisotopic (exact) mass is 412 g/mol. The number of thiocarbonyl (C=S) groups is 1. The van der Waals surface area contributed by atoms with E-state index in [2.05, 4.69) is 27.2 Å². The van der Waals surface area contributed by atoms with Crippen LogP contribution in [0.1, 0.15) is 24.6 Å². The highest BCUT2D eigenvalue weighted by atomic mass is 32.1.